The highest BCUT2D eigenvalue weighted by atomic mass is 32.1. The maximum atomic E-state index is 12.3. The first-order chi connectivity index (χ1) is 10.0. The number of amides is 2. The fourth-order valence-electron chi connectivity index (χ4n) is 2.46. The average Bonchev–Trinajstić information content (AvgIpc) is 3.06. The number of thiophene rings is 1. The summed E-state index contributed by atoms with van der Waals surface area (Å²) in [7, 11) is 0. The molecule has 2 unspecified atom stereocenters. The molecule has 1 fully saturated rings. The fraction of sp³-hybridized carbons (Fsp3) is 0.571. The van der Waals surface area contributed by atoms with Gasteiger partial charge < -0.3 is 20.1 Å². The van der Waals surface area contributed by atoms with Gasteiger partial charge in [0, 0.05) is 16.3 Å². The predicted molar refractivity (Wildman–Crippen MR) is 79.4 cm³/mol. The van der Waals surface area contributed by atoms with E-state index >= 15 is 0 Å². The number of carboxylic acid groups (broad SMARTS) is 1. The molecule has 2 amide bonds. The predicted octanol–water partition coefficient (Wildman–Crippen LogP) is 1.69. The third-order valence-electron chi connectivity index (χ3n) is 3.58. The molecule has 0 spiro atoms. The van der Waals surface area contributed by atoms with Crippen LogP contribution in [0.3, 0.4) is 0 Å². The molecule has 0 aliphatic carbocycles. The minimum absolute atomic E-state index is 0.161. The van der Waals surface area contributed by atoms with E-state index in [0.29, 0.717) is 13.1 Å². The van der Waals surface area contributed by atoms with E-state index in [0.717, 1.165) is 4.88 Å². The number of nitrogens with one attached hydrogen (secondary N) is 1. The van der Waals surface area contributed by atoms with Crippen LogP contribution >= 0.6 is 11.3 Å². The number of aliphatic carboxylic acids is 1. The summed E-state index contributed by atoms with van der Waals surface area (Å²) in [4.78, 5) is 27.3. The van der Waals surface area contributed by atoms with Crippen LogP contribution < -0.4 is 5.32 Å². The number of nitrogens with zero attached hydrogens (tertiary/aromatic N) is 1. The summed E-state index contributed by atoms with van der Waals surface area (Å²) in [6.07, 6.45) is 0. The van der Waals surface area contributed by atoms with Gasteiger partial charge in [-0.25, -0.2) is 4.79 Å². The normalized spacial score (nSPS) is 21.2. The van der Waals surface area contributed by atoms with Crippen molar-refractivity contribution >= 4 is 23.3 Å². The molecule has 2 rings (SSSR count). The maximum Gasteiger partial charge on any atom is 0.318 e. The van der Waals surface area contributed by atoms with Gasteiger partial charge in [0.05, 0.1) is 25.8 Å². The molecule has 6 nitrogen and oxygen atoms in total. The lowest BCUT2D eigenvalue weighted by atomic mass is 10.0. The van der Waals surface area contributed by atoms with Crippen LogP contribution in [-0.2, 0) is 16.1 Å². The summed E-state index contributed by atoms with van der Waals surface area (Å²) < 4.78 is 5.23. The second-order valence-electron chi connectivity index (χ2n) is 5.01. The van der Waals surface area contributed by atoms with Crippen molar-refractivity contribution in [3.63, 3.8) is 0 Å². The molecule has 1 aromatic heterocycles. The summed E-state index contributed by atoms with van der Waals surface area (Å²) in [5, 5.41) is 12.0. The second-order valence-corrected chi connectivity index (χ2v) is 6.38. The molecule has 1 aliphatic rings. The van der Waals surface area contributed by atoms with Crippen LogP contribution in [0.15, 0.2) is 12.1 Å². The zero-order chi connectivity index (χ0) is 15.4. The molecule has 0 radical (unpaired) electrons. The first kappa shape index (κ1) is 15.8. The summed E-state index contributed by atoms with van der Waals surface area (Å²) in [6.45, 7) is 5.20. The van der Waals surface area contributed by atoms with E-state index in [1.165, 1.54) is 4.88 Å². The standard InChI is InChI=1S/C14H20N2O4S/c1-3-16(12-8-20-7-11(12)13(17)18)14(19)15-6-10-5-4-9(2)21-10/h4-5,11-12H,3,6-8H2,1-2H3,(H,15,19)(H,17,18). The molecular weight excluding hydrogens is 292 g/mol. The van der Waals surface area contributed by atoms with Crippen LogP contribution in [0.2, 0.25) is 0 Å². The summed E-state index contributed by atoms with van der Waals surface area (Å²) in [5.41, 5.74) is 0. The number of likely N-dealkylation sites (N-methyl/N-ethyl adjacent to an activating group) is 1. The Morgan fingerprint density at radius 1 is 1.48 bits per heavy atom. The topological polar surface area (TPSA) is 78.9 Å². The minimum Gasteiger partial charge on any atom is -0.481 e. The van der Waals surface area contributed by atoms with Gasteiger partial charge in [-0.05, 0) is 26.0 Å². The molecule has 1 aliphatic heterocycles. The van der Waals surface area contributed by atoms with Gasteiger partial charge in [-0.15, -0.1) is 11.3 Å². The van der Waals surface area contributed by atoms with Gasteiger partial charge in [-0.2, -0.15) is 0 Å². The molecule has 7 heteroatoms. The van der Waals surface area contributed by atoms with Gasteiger partial charge in [-0.3, -0.25) is 4.79 Å². The molecule has 2 heterocycles. The van der Waals surface area contributed by atoms with Crippen LogP contribution in [0.25, 0.3) is 0 Å². The Labute approximate surface area is 127 Å². The monoisotopic (exact) mass is 312 g/mol. The Bertz CT molecular complexity index is 517. The number of carbonyl (C=O) groups is 2. The molecule has 2 atom stereocenters. The molecule has 116 valence electrons. The number of hydrogen-bond donors (Lipinski definition) is 2. The minimum atomic E-state index is -0.919. The van der Waals surface area contributed by atoms with Gasteiger partial charge in [0.25, 0.3) is 0 Å². The molecule has 0 saturated carbocycles. The summed E-state index contributed by atoms with van der Waals surface area (Å²) >= 11 is 1.63. The number of rotatable bonds is 5. The molecule has 2 N–H and O–H groups in total. The van der Waals surface area contributed by atoms with Crippen LogP contribution in [0.1, 0.15) is 16.7 Å². The highest BCUT2D eigenvalue weighted by molar-refractivity contribution is 7.11. The third-order valence-corrected chi connectivity index (χ3v) is 4.58. The van der Waals surface area contributed by atoms with Gasteiger partial charge in [0.15, 0.2) is 0 Å². The molecule has 21 heavy (non-hydrogen) atoms. The summed E-state index contributed by atoms with van der Waals surface area (Å²) in [5.74, 6) is -1.57. The lowest BCUT2D eigenvalue weighted by molar-refractivity contribution is -0.142. The smallest absolute Gasteiger partial charge is 0.318 e. The number of hydrogen-bond acceptors (Lipinski definition) is 4. The Morgan fingerprint density at radius 3 is 2.81 bits per heavy atom. The summed E-state index contributed by atoms with van der Waals surface area (Å²) in [6, 6.07) is 3.34. The Balaban J connectivity index is 1.96. The Kier molecular flexibility index (Phi) is 5.19. The maximum absolute atomic E-state index is 12.3. The Hall–Kier alpha value is -1.60. The first-order valence-corrected chi connectivity index (χ1v) is 7.75. The van der Waals surface area contributed by atoms with Crippen molar-refractivity contribution in [2.45, 2.75) is 26.4 Å². The number of carbonyl (C=O) groups excluding carboxylic acids is 1. The second kappa shape index (κ2) is 6.91. The van der Waals surface area contributed by atoms with Crippen molar-refractivity contribution in [2.24, 2.45) is 5.92 Å². The SMILES string of the molecule is CCN(C(=O)NCc1ccc(C)s1)C1COCC1C(=O)O. The molecule has 0 aromatic carbocycles. The first-order valence-electron chi connectivity index (χ1n) is 6.93. The van der Waals surface area contributed by atoms with E-state index in [4.69, 9.17) is 4.74 Å². The van der Waals surface area contributed by atoms with Crippen molar-refractivity contribution in [1.29, 1.82) is 0 Å². The number of ether oxygens (including phenoxy) is 1. The lowest BCUT2D eigenvalue weighted by Gasteiger charge is -2.29. The lowest BCUT2D eigenvalue weighted by Crippen LogP contribution is -2.50. The third kappa shape index (κ3) is 3.74. The van der Waals surface area contributed by atoms with Crippen LogP contribution in [0.4, 0.5) is 4.79 Å². The van der Waals surface area contributed by atoms with Crippen molar-refractivity contribution in [2.75, 3.05) is 19.8 Å². The van der Waals surface area contributed by atoms with E-state index in [1.54, 1.807) is 16.2 Å². The molecule has 1 aromatic rings. The number of aryl methyl sites for hydroxylation is 1. The van der Waals surface area contributed by atoms with E-state index in [2.05, 4.69) is 5.32 Å². The van der Waals surface area contributed by atoms with Crippen LogP contribution in [0.5, 0.6) is 0 Å². The fourth-order valence-corrected chi connectivity index (χ4v) is 3.29. The molecular formula is C14H20N2O4S. The highest BCUT2D eigenvalue weighted by Crippen LogP contribution is 2.20. The van der Waals surface area contributed by atoms with Gasteiger partial charge >= 0.3 is 12.0 Å². The van der Waals surface area contributed by atoms with Crippen molar-refractivity contribution in [1.82, 2.24) is 10.2 Å². The van der Waals surface area contributed by atoms with E-state index in [1.807, 2.05) is 26.0 Å². The zero-order valence-corrected chi connectivity index (χ0v) is 13.0. The van der Waals surface area contributed by atoms with Crippen molar-refractivity contribution in [3.05, 3.63) is 21.9 Å². The van der Waals surface area contributed by atoms with Crippen LogP contribution in [0, 0.1) is 12.8 Å². The van der Waals surface area contributed by atoms with E-state index < -0.39 is 17.9 Å². The zero-order valence-electron chi connectivity index (χ0n) is 12.2. The van der Waals surface area contributed by atoms with Gasteiger partial charge in [0.1, 0.15) is 5.92 Å². The van der Waals surface area contributed by atoms with Gasteiger partial charge in [-0.1, -0.05) is 0 Å². The number of urea groups is 1. The largest absolute Gasteiger partial charge is 0.481 e. The number of carboxylic acids is 1. The van der Waals surface area contributed by atoms with Crippen molar-refractivity contribution in [3.8, 4) is 0 Å². The quantitative estimate of drug-likeness (QED) is 0.867. The Morgan fingerprint density at radius 2 is 2.24 bits per heavy atom. The average molecular weight is 312 g/mol. The van der Waals surface area contributed by atoms with Gasteiger partial charge in [0.2, 0.25) is 0 Å². The van der Waals surface area contributed by atoms with E-state index in [9.17, 15) is 14.7 Å². The molecule has 1 saturated heterocycles. The molecule has 0 bridgehead atoms. The highest BCUT2D eigenvalue weighted by Gasteiger charge is 2.39. The van der Waals surface area contributed by atoms with Crippen molar-refractivity contribution < 1.29 is 19.4 Å². The van der Waals surface area contributed by atoms with Crippen LogP contribution in [-0.4, -0.2) is 47.8 Å². The van der Waals surface area contributed by atoms with E-state index in [-0.39, 0.29) is 19.2 Å².